The first kappa shape index (κ1) is 25.6. The molecule has 2 atom stereocenters. The van der Waals surface area contributed by atoms with Crippen LogP contribution in [0.4, 0.5) is 18.9 Å². The molecule has 1 saturated heterocycles. The molecule has 2 N–H and O–H groups in total. The smallest absolute Gasteiger partial charge is 0.417 e. The lowest BCUT2D eigenvalue weighted by Gasteiger charge is -2.24. The molecule has 0 bridgehead atoms. The molecule has 2 unspecified atom stereocenters. The summed E-state index contributed by atoms with van der Waals surface area (Å²) in [5.74, 6) is -0.517. The quantitative estimate of drug-likeness (QED) is 0.478. The predicted molar refractivity (Wildman–Crippen MR) is 123 cm³/mol. The first-order chi connectivity index (χ1) is 16.9. The standard InChI is InChI=1S/C24H21F3N4O4S/c1-23(2)13-30(11-20-29-19(12-36-20)14-3-6-16(7-4-14)31(33)34)22(32)21(23)35-17-8-5-15(10-28)18(9-17)24(25,26)27/h3-9,12,21,31,33H,11,13H2,1-2H3. The third-order valence-electron chi connectivity index (χ3n) is 5.82. The van der Waals surface area contributed by atoms with Gasteiger partial charge in [-0.2, -0.15) is 23.7 Å². The first-order valence-corrected chi connectivity index (χ1v) is 11.6. The van der Waals surface area contributed by atoms with Gasteiger partial charge in [-0.1, -0.05) is 13.8 Å². The molecule has 2 aromatic carbocycles. The number of likely N-dealkylation sites (tertiary alicyclic amines) is 1. The molecule has 12 heteroatoms. The van der Waals surface area contributed by atoms with E-state index < -0.39 is 34.0 Å². The Kier molecular flexibility index (Phi) is 6.76. The zero-order valence-electron chi connectivity index (χ0n) is 19.2. The van der Waals surface area contributed by atoms with Crippen molar-refractivity contribution >= 4 is 22.9 Å². The zero-order chi connectivity index (χ0) is 26.3. The fourth-order valence-corrected chi connectivity index (χ4v) is 4.84. The van der Waals surface area contributed by atoms with Crippen LogP contribution in [-0.2, 0) is 17.5 Å². The number of thiazole rings is 1. The van der Waals surface area contributed by atoms with E-state index in [-0.39, 0.29) is 23.9 Å². The van der Waals surface area contributed by atoms with Crippen LogP contribution < -0.4 is 9.96 Å². The minimum Gasteiger partial charge on any atom is -0.595 e. The molecule has 1 fully saturated rings. The number of aromatic nitrogens is 1. The Morgan fingerprint density at radius 1 is 1.31 bits per heavy atom. The van der Waals surface area contributed by atoms with Crippen molar-refractivity contribution in [2.45, 2.75) is 32.7 Å². The third-order valence-corrected chi connectivity index (χ3v) is 6.65. The van der Waals surface area contributed by atoms with E-state index in [1.54, 1.807) is 36.3 Å². The molecule has 0 radical (unpaired) electrons. The topological polar surface area (TPSA) is 114 Å². The molecule has 2 heterocycles. The molecule has 1 aliphatic heterocycles. The van der Waals surface area contributed by atoms with Crippen molar-refractivity contribution in [3.63, 3.8) is 0 Å². The average Bonchev–Trinajstić information content (AvgIpc) is 3.36. The number of ether oxygens (including phenoxy) is 1. The Balaban J connectivity index is 1.49. The Labute approximate surface area is 208 Å². The van der Waals surface area contributed by atoms with E-state index in [1.165, 1.54) is 35.6 Å². The van der Waals surface area contributed by atoms with E-state index >= 15 is 0 Å². The number of carbonyl (C=O) groups excluding carboxylic acids is 1. The number of alkyl halides is 3. The molecule has 3 aromatic rings. The Hall–Kier alpha value is -3.50. The van der Waals surface area contributed by atoms with Gasteiger partial charge >= 0.3 is 6.18 Å². The summed E-state index contributed by atoms with van der Waals surface area (Å²) < 4.78 is 45.7. The van der Waals surface area contributed by atoms with E-state index in [0.29, 0.717) is 17.2 Å². The summed E-state index contributed by atoms with van der Waals surface area (Å²) in [6.07, 6.45) is -5.75. The largest absolute Gasteiger partial charge is 0.595 e. The molecule has 0 saturated carbocycles. The summed E-state index contributed by atoms with van der Waals surface area (Å²) in [6.45, 7) is 4.09. The van der Waals surface area contributed by atoms with Crippen molar-refractivity contribution < 1.29 is 33.1 Å². The molecular formula is C24H21F3N4O4S. The summed E-state index contributed by atoms with van der Waals surface area (Å²) in [5, 5.41) is 30.5. The lowest BCUT2D eigenvalue weighted by Crippen LogP contribution is -2.99. The first-order valence-electron chi connectivity index (χ1n) is 10.7. The number of quaternary nitrogens is 1. The lowest BCUT2D eigenvalue weighted by molar-refractivity contribution is -0.991. The highest BCUT2D eigenvalue weighted by molar-refractivity contribution is 7.09. The molecule has 0 aliphatic carbocycles. The molecule has 4 rings (SSSR count). The predicted octanol–water partition coefficient (Wildman–Crippen LogP) is 3.92. The normalized spacial score (nSPS) is 18.2. The Bertz CT molecular complexity index is 1320. The van der Waals surface area contributed by atoms with Crippen LogP contribution in [0, 0.1) is 22.0 Å². The molecular weight excluding hydrogens is 497 g/mol. The number of nitrogens with one attached hydrogen (secondary N) is 1. The second kappa shape index (κ2) is 9.51. The molecule has 36 heavy (non-hydrogen) atoms. The summed E-state index contributed by atoms with van der Waals surface area (Å²) in [7, 11) is 0. The molecule has 1 aromatic heterocycles. The van der Waals surface area contributed by atoms with Crippen molar-refractivity contribution in [2.24, 2.45) is 5.41 Å². The fraction of sp³-hybridized carbons (Fsp3) is 0.292. The SMILES string of the molecule is CC1(C)CN(Cc2nc(-c3ccc([NH+]([O-])O)cc3)cs2)C(=O)C1Oc1ccc(C#N)c(C(F)(F)F)c1. The van der Waals surface area contributed by atoms with Crippen LogP contribution in [-0.4, -0.2) is 33.6 Å². The summed E-state index contributed by atoms with van der Waals surface area (Å²) in [6, 6.07) is 10.8. The highest BCUT2D eigenvalue weighted by Crippen LogP contribution is 2.38. The average molecular weight is 519 g/mol. The van der Waals surface area contributed by atoms with Gasteiger partial charge in [-0.25, -0.2) is 10.2 Å². The minimum atomic E-state index is -4.73. The van der Waals surface area contributed by atoms with Crippen molar-refractivity contribution in [3.8, 4) is 23.1 Å². The van der Waals surface area contributed by atoms with Gasteiger partial charge in [0.05, 0.1) is 29.4 Å². The van der Waals surface area contributed by atoms with Gasteiger partial charge in [-0.15, -0.1) is 11.3 Å². The maximum atomic E-state index is 13.3. The van der Waals surface area contributed by atoms with Gasteiger partial charge in [-0.05, 0) is 30.3 Å². The Morgan fingerprint density at radius 2 is 2.00 bits per heavy atom. The van der Waals surface area contributed by atoms with Gasteiger partial charge < -0.3 is 14.8 Å². The van der Waals surface area contributed by atoms with Gasteiger partial charge in [0.25, 0.3) is 5.91 Å². The van der Waals surface area contributed by atoms with Gasteiger partial charge in [-0.3, -0.25) is 4.79 Å². The molecule has 8 nitrogen and oxygen atoms in total. The number of nitrogens with zero attached hydrogens (tertiary/aromatic N) is 3. The van der Waals surface area contributed by atoms with Crippen molar-refractivity contribution in [1.82, 2.24) is 9.88 Å². The maximum absolute atomic E-state index is 13.3. The second-order valence-electron chi connectivity index (χ2n) is 9.01. The minimum absolute atomic E-state index is 0.143. The van der Waals surface area contributed by atoms with E-state index in [9.17, 15) is 23.2 Å². The number of benzene rings is 2. The van der Waals surface area contributed by atoms with Gasteiger partial charge in [0.2, 0.25) is 0 Å². The second-order valence-corrected chi connectivity index (χ2v) is 9.95. The van der Waals surface area contributed by atoms with Crippen LogP contribution in [0.5, 0.6) is 5.75 Å². The van der Waals surface area contributed by atoms with Crippen LogP contribution in [0.1, 0.15) is 30.0 Å². The summed E-state index contributed by atoms with van der Waals surface area (Å²) >= 11 is 1.34. The van der Waals surface area contributed by atoms with Gasteiger partial charge in [0.1, 0.15) is 10.8 Å². The van der Waals surface area contributed by atoms with Crippen molar-refractivity contribution in [3.05, 3.63) is 69.2 Å². The summed E-state index contributed by atoms with van der Waals surface area (Å²) in [4.78, 5) is 19.3. The number of rotatable bonds is 6. The molecule has 1 amide bonds. The van der Waals surface area contributed by atoms with Crippen molar-refractivity contribution in [1.29, 1.82) is 5.26 Å². The highest BCUT2D eigenvalue weighted by atomic mass is 32.1. The monoisotopic (exact) mass is 518 g/mol. The van der Waals surface area contributed by atoms with E-state index in [0.717, 1.165) is 17.7 Å². The zero-order valence-corrected chi connectivity index (χ0v) is 20.0. The molecule has 1 aliphatic rings. The van der Waals surface area contributed by atoms with Crippen LogP contribution >= 0.6 is 11.3 Å². The van der Waals surface area contributed by atoms with E-state index in [4.69, 9.17) is 15.2 Å². The number of nitriles is 1. The number of hydrogen-bond donors (Lipinski definition) is 2. The number of halogens is 3. The lowest BCUT2D eigenvalue weighted by atomic mass is 9.89. The summed E-state index contributed by atoms with van der Waals surface area (Å²) in [5.41, 5.74) is -0.799. The van der Waals surface area contributed by atoms with Crippen LogP contribution in [0.2, 0.25) is 0 Å². The van der Waals surface area contributed by atoms with E-state index in [1.807, 2.05) is 0 Å². The number of amides is 1. The Morgan fingerprint density at radius 3 is 2.61 bits per heavy atom. The van der Waals surface area contributed by atoms with Crippen LogP contribution in [0.15, 0.2) is 47.8 Å². The van der Waals surface area contributed by atoms with Crippen LogP contribution in [0.3, 0.4) is 0 Å². The maximum Gasteiger partial charge on any atom is 0.417 e. The van der Waals surface area contributed by atoms with Gasteiger partial charge in [0, 0.05) is 35.0 Å². The molecule has 188 valence electrons. The van der Waals surface area contributed by atoms with Crippen LogP contribution in [0.25, 0.3) is 11.3 Å². The van der Waals surface area contributed by atoms with E-state index in [2.05, 4.69) is 4.98 Å². The highest BCUT2D eigenvalue weighted by Gasteiger charge is 2.48. The van der Waals surface area contributed by atoms with Gasteiger partial charge in [0.15, 0.2) is 11.8 Å². The number of carbonyl (C=O) groups is 1. The molecule has 0 spiro atoms. The number of hydrogen-bond acceptors (Lipinski definition) is 7. The third kappa shape index (κ3) is 5.19. The van der Waals surface area contributed by atoms with Crippen molar-refractivity contribution in [2.75, 3.05) is 6.54 Å². The fourth-order valence-electron chi connectivity index (χ4n) is 4.02.